The van der Waals surface area contributed by atoms with Gasteiger partial charge >= 0.3 is 5.97 Å². The number of ketones is 3. The van der Waals surface area contributed by atoms with Gasteiger partial charge in [-0.2, -0.15) is 0 Å². The van der Waals surface area contributed by atoms with Gasteiger partial charge in [-0.25, -0.2) is 70.1 Å². The molecule has 31 heteroatoms. The number of aliphatic hydroxyl groups excluding tert-OH is 2. The highest BCUT2D eigenvalue weighted by Crippen LogP contribution is 2.41. The Balaban J connectivity index is 0.000000161. The molecule has 9 aromatic rings. The number of aliphatic hydroxyl groups is 2. The Morgan fingerprint density at radius 3 is 0.949 bits per heavy atom. The van der Waals surface area contributed by atoms with Gasteiger partial charge in [0.05, 0.1) is 113 Å². The standard InChI is InChI=1S/C24H29N5O5S.2C22H27N5O4S/c1-13(2)22-23-27-19-9-17(12-34-16(5)31)21(35(6,32)33)10-20(19)28(23)7-8-29(22)24-25-11-18(15(4)30)14(3)26-24;2*1-12(2)20-21-25-17-8-15(11-28)19(32(5,30)31)9-18(17)26(21)6-7-27(20)22-23-10-16(14(4)29)13(3)24-22/h9-11,13,22H,7-8,12H2,1-6H3;2*8-10,12,20,28H,6-7,11H2,1-5H3/t22-;2*20-/m110/s1. The number of aryl methyl sites for hydroxylation is 3. The highest BCUT2D eigenvalue weighted by Gasteiger charge is 2.39. The van der Waals surface area contributed by atoms with Gasteiger partial charge in [0.2, 0.25) is 17.8 Å². The predicted octanol–water partition coefficient (Wildman–Crippen LogP) is 7.92. The summed E-state index contributed by atoms with van der Waals surface area (Å²) >= 11 is 0. The van der Waals surface area contributed by atoms with Gasteiger partial charge in [-0.1, -0.05) is 41.5 Å². The molecule has 9 heterocycles. The monoisotopic (exact) mass is 1410 g/mol. The zero-order valence-corrected chi connectivity index (χ0v) is 60.8. The van der Waals surface area contributed by atoms with E-state index in [1.54, 1.807) is 75.8 Å². The Morgan fingerprint density at radius 1 is 0.444 bits per heavy atom. The van der Waals surface area contributed by atoms with Crippen molar-refractivity contribution in [2.45, 2.75) is 162 Å². The lowest BCUT2D eigenvalue weighted by atomic mass is 10.00. The Kier molecular flexibility index (Phi) is 20.5. The number of anilines is 3. The molecule has 0 unspecified atom stereocenters. The third-order valence-corrected chi connectivity index (χ3v) is 21.6. The van der Waals surface area contributed by atoms with Crippen LogP contribution in [0.3, 0.4) is 0 Å². The van der Waals surface area contributed by atoms with Crippen molar-refractivity contribution in [2.75, 3.05) is 53.1 Å². The van der Waals surface area contributed by atoms with E-state index < -0.39 is 35.5 Å². The maximum atomic E-state index is 12.5. The van der Waals surface area contributed by atoms with Crippen LogP contribution in [0, 0.1) is 38.5 Å². The summed E-state index contributed by atoms with van der Waals surface area (Å²) in [5.74, 6) is 3.72. The summed E-state index contributed by atoms with van der Waals surface area (Å²) < 4.78 is 85.4. The van der Waals surface area contributed by atoms with E-state index >= 15 is 0 Å². The van der Waals surface area contributed by atoms with Crippen LogP contribution in [0.4, 0.5) is 17.8 Å². The van der Waals surface area contributed by atoms with Crippen molar-refractivity contribution in [2.24, 2.45) is 17.8 Å². The number of fused-ring (bicyclic) bond motifs is 9. The van der Waals surface area contributed by atoms with Crippen LogP contribution in [-0.2, 0) is 78.5 Å². The van der Waals surface area contributed by atoms with Crippen LogP contribution in [0.2, 0.25) is 0 Å². The van der Waals surface area contributed by atoms with E-state index in [-0.39, 0.29) is 87.7 Å². The number of hydrogen-bond acceptors (Lipinski definition) is 25. The van der Waals surface area contributed by atoms with Crippen LogP contribution in [0.5, 0.6) is 0 Å². The number of carbonyl (C=O) groups is 4. The molecule has 0 spiro atoms. The zero-order valence-electron chi connectivity index (χ0n) is 58.3. The fourth-order valence-electron chi connectivity index (χ4n) is 13.5. The van der Waals surface area contributed by atoms with Crippen molar-refractivity contribution in [3.63, 3.8) is 0 Å². The number of rotatable bonds is 16. The van der Waals surface area contributed by atoms with Crippen LogP contribution < -0.4 is 14.7 Å². The van der Waals surface area contributed by atoms with Gasteiger partial charge in [0.15, 0.2) is 46.9 Å². The molecule has 0 saturated heterocycles. The van der Waals surface area contributed by atoms with Crippen molar-refractivity contribution in [3.8, 4) is 0 Å². The molecule has 3 atom stereocenters. The Morgan fingerprint density at radius 2 is 0.717 bits per heavy atom. The van der Waals surface area contributed by atoms with E-state index in [4.69, 9.17) is 19.7 Å². The number of imidazole rings is 3. The average Bonchev–Trinajstić information content (AvgIpc) is 1.62. The van der Waals surface area contributed by atoms with Crippen LogP contribution in [0.15, 0.2) is 69.7 Å². The first-order chi connectivity index (χ1) is 46.4. The lowest BCUT2D eigenvalue weighted by Gasteiger charge is -2.38. The van der Waals surface area contributed by atoms with Gasteiger partial charge in [-0.05, 0) is 107 Å². The Labute approximate surface area is 574 Å². The molecule has 0 fully saturated rings. The molecule has 6 aromatic heterocycles. The van der Waals surface area contributed by atoms with E-state index in [1.807, 2.05) is 13.7 Å². The third kappa shape index (κ3) is 14.4. The first kappa shape index (κ1) is 72.7. The molecular formula is C68H83N15O13S3. The van der Waals surface area contributed by atoms with Gasteiger partial charge in [-0.3, -0.25) is 19.2 Å². The van der Waals surface area contributed by atoms with Gasteiger partial charge in [0.1, 0.15) is 24.1 Å². The number of ether oxygens (including phenoxy) is 1. The van der Waals surface area contributed by atoms with Crippen molar-refractivity contribution >= 4 is 104 Å². The molecule has 0 saturated carbocycles. The van der Waals surface area contributed by atoms with E-state index in [1.165, 1.54) is 27.7 Å². The normalized spacial score (nSPS) is 16.4. The summed E-state index contributed by atoms with van der Waals surface area (Å²) in [6.45, 7) is 26.3. The van der Waals surface area contributed by atoms with Gasteiger partial charge in [0.25, 0.3) is 0 Å². The maximum absolute atomic E-state index is 12.5. The molecule has 12 rings (SSSR count). The van der Waals surface area contributed by atoms with Crippen LogP contribution in [-0.4, -0.2) is 156 Å². The largest absolute Gasteiger partial charge is 0.461 e. The average molecular weight is 1410 g/mol. The highest BCUT2D eigenvalue weighted by atomic mass is 32.2. The quantitative estimate of drug-likeness (QED) is 0.0684. The lowest BCUT2D eigenvalue weighted by molar-refractivity contribution is -0.142. The first-order valence-electron chi connectivity index (χ1n) is 32.3. The fourth-order valence-corrected chi connectivity index (χ4v) is 16.3. The Hall–Kier alpha value is -9.04. The van der Waals surface area contributed by atoms with Crippen molar-refractivity contribution in [1.82, 2.24) is 58.6 Å². The van der Waals surface area contributed by atoms with Gasteiger partial charge in [0, 0.05) is 89.1 Å². The number of carbonyl (C=O) groups excluding carboxylic acids is 4. The third-order valence-electron chi connectivity index (χ3n) is 18.0. The van der Waals surface area contributed by atoms with E-state index in [0.29, 0.717) is 130 Å². The molecule has 3 aromatic carbocycles. The maximum Gasteiger partial charge on any atom is 0.302 e. The summed E-state index contributed by atoms with van der Waals surface area (Å²) in [4.78, 5) is 95.1. The minimum atomic E-state index is -3.57. The first-order valence-corrected chi connectivity index (χ1v) is 38.0. The minimum Gasteiger partial charge on any atom is -0.461 e. The second-order valence-electron chi connectivity index (χ2n) is 26.4. The number of sulfone groups is 3. The Bertz CT molecular complexity index is 4900. The molecule has 2 N–H and O–H groups in total. The molecule has 28 nitrogen and oxygen atoms in total. The van der Waals surface area contributed by atoms with Crippen molar-refractivity contribution in [1.29, 1.82) is 0 Å². The van der Waals surface area contributed by atoms with Crippen LogP contribution in [0.1, 0.15) is 170 Å². The van der Waals surface area contributed by atoms with Crippen LogP contribution >= 0.6 is 0 Å². The molecule has 99 heavy (non-hydrogen) atoms. The number of nitrogens with zero attached hydrogens (tertiary/aromatic N) is 15. The number of Topliss-reactive ketones (excluding diaryl/α,β-unsaturated/α-hetero) is 3. The molecule has 3 aliphatic heterocycles. The van der Waals surface area contributed by atoms with E-state index in [0.717, 1.165) is 47.3 Å². The highest BCUT2D eigenvalue weighted by molar-refractivity contribution is 7.91. The summed E-state index contributed by atoms with van der Waals surface area (Å²) in [6, 6.07) is 9.39. The lowest BCUT2D eigenvalue weighted by Crippen LogP contribution is -2.42. The van der Waals surface area contributed by atoms with Gasteiger partial charge in [-0.15, -0.1) is 0 Å². The van der Waals surface area contributed by atoms with Gasteiger partial charge < -0.3 is 43.4 Å². The smallest absolute Gasteiger partial charge is 0.302 e. The molecule has 3 aliphatic rings. The SMILES string of the molecule is CC(=O)OCc1cc2nc3n(c2cc1S(C)(=O)=O)CCN(c1ncc(C(C)=O)c(C)n1)[C@@H]3C(C)C.CC(=O)c1cnc(N2CCn3c(nc4cc(CO)c(S(C)(=O)=O)cc43)[C@@H]2C(C)C)nc1C.CC(=O)c1cnc(N2CCn3c(nc4cc(CO)c(S(C)(=O)=O)cc43)[C@H]2C(C)C)nc1C. The number of hydrogen-bond donors (Lipinski definition) is 2. The molecule has 0 aliphatic carbocycles. The summed E-state index contributed by atoms with van der Waals surface area (Å²) in [7, 11) is -10.6. The number of aromatic nitrogens is 12. The molecular weight excluding hydrogens is 1330 g/mol. The second-order valence-corrected chi connectivity index (χ2v) is 32.4. The molecule has 526 valence electrons. The van der Waals surface area contributed by atoms with Crippen molar-refractivity contribution < 1.29 is 59.4 Å². The van der Waals surface area contributed by atoms with Crippen molar-refractivity contribution in [3.05, 3.63) is 123 Å². The summed E-state index contributed by atoms with van der Waals surface area (Å²) in [5, 5.41) is 19.4. The molecule has 0 amide bonds. The zero-order chi connectivity index (χ0) is 72.4. The molecule has 0 radical (unpaired) electrons. The summed E-state index contributed by atoms with van der Waals surface area (Å²) in [6.07, 6.45) is 8.13. The minimum absolute atomic E-state index is 0.0729. The number of esters is 1. The second kappa shape index (κ2) is 27.9. The number of benzene rings is 3. The van der Waals surface area contributed by atoms with Crippen LogP contribution in [0.25, 0.3) is 33.1 Å². The fraction of sp³-hybridized carbons (Fsp3) is 0.456. The molecule has 0 bridgehead atoms. The summed E-state index contributed by atoms with van der Waals surface area (Å²) in [5.41, 5.74) is 8.55. The topological polar surface area (TPSA) is 361 Å². The predicted molar refractivity (Wildman–Crippen MR) is 371 cm³/mol. The van der Waals surface area contributed by atoms with E-state index in [2.05, 4.69) is 86.1 Å². The van der Waals surface area contributed by atoms with E-state index in [9.17, 15) is 54.6 Å².